The molecule has 130 valence electrons. The van der Waals surface area contributed by atoms with Crippen LogP contribution in [0.2, 0.25) is 5.02 Å². The lowest BCUT2D eigenvalue weighted by molar-refractivity contribution is 0.384. The van der Waals surface area contributed by atoms with Crippen LogP contribution in [0.5, 0.6) is 0 Å². The standard InChI is InChI=1S/C18H18ClN3O2S/c1-14-12-16(19)6-7-17(14)21-8-10-22(11-9-21)25(23,24)18-5-3-2-4-15(18)13-20/h2-7,12H,8-11H2,1H3. The zero-order chi connectivity index (χ0) is 18.0. The Labute approximate surface area is 153 Å². The molecule has 1 saturated heterocycles. The molecule has 1 heterocycles. The van der Waals surface area contributed by atoms with E-state index in [9.17, 15) is 13.7 Å². The van der Waals surface area contributed by atoms with Crippen LogP contribution in [0, 0.1) is 18.3 Å². The maximum atomic E-state index is 12.9. The first-order chi connectivity index (χ1) is 11.9. The molecule has 1 fully saturated rings. The maximum Gasteiger partial charge on any atom is 0.244 e. The van der Waals surface area contributed by atoms with Gasteiger partial charge >= 0.3 is 0 Å². The van der Waals surface area contributed by atoms with Gasteiger partial charge in [0.1, 0.15) is 6.07 Å². The molecule has 2 aromatic carbocycles. The monoisotopic (exact) mass is 375 g/mol. The molecule has 0 aromatic heterocycles. The zero-order valence-electron chi connectivity index (χ0n) is 13.8. The number of aryl methyl sites for hydroxylation is 1. The number of rotatable bonds is 3. The van der Waals surface area contributed by atoms with Crippen LogP contribution >= 0.6 is 11.6 Å². The number of benzene rings is 2. The van der Waals surface area contributed by atoms with E-state index in [2.05, 4.69) is 4.90 Å². The third-order valence-corrected chi connectivity index (χ3v) is 6.56. The van der Waals surface area contributed by atoms with Gasteiger partial charge in [-0.15, -0.1) is 0 Å². The summed E-state index contributed by atoms with van der Waals surface area (Å²) in [5, 5.41) is 9.86. The van der Waals surface area contributed by atoms with Crippen LogP contribution in [0.3, 0.4) is 0 Å². The maximum absolute atomic E-state index is 12.9. The van der Waals surface area contributed by atoms with Crippen molar-refractivity contribution in [3.8, 4) is 6.07 Å². The molecule has 25 heavy (non-hydrogen) atoms. The van der Waals surface area contributed by atoms with Gasteiger partial charge in [-0.2, -0.15) is 9.57 Å². The Bertz CT molecular complexity index is 930. The summed E-state index contributed by atoms with van der Waals surface area (Å²) < 4.78 is 27.2. The summed E-state index contributed by atoms with van der Waals surface area (Å²) >= 11 is 6.00. The first kappa shape index (κ1) is 17.7. The van der Waals surface area contributed by atoms with Gasteiger partial charge in [-0.1, -0.05) is 23.7 Å². The van der Waals surface area contributed by atoms with Crippen LogP contribution in [0.4, 0.5) is 5.69 Å². The highest BCUT2D eigenvalue weighted by Gasteiger charge is 2.30. The second-order valence-corrected chi connectivity index (χ2v) is 8.27. The number of piperazine rings is 1. The van der Waals surface area contributed by atoms with Gasteiger partial charge in [0.25, 0.3) is 0 Å². The third-order valence-electron chi connectivity index (χ3n) is 4.36. The molecule has 0 radical (unpaired) electrons. The molecule has 0 bridgehead atoms. The van der Waals surface area contributed by atoms with Gasteiger partial charge < -0.3 is 4.90 Å². The second kappa shape index (κ2) is 7.04. The van der Waals surface area contributed by atoms with Crippen LogP contribution in [0.25, 0.3) is 0 Å². The third kappa shape index (κ3) is 3.49. The molecule has 3 rings (SSSR count). The van der Waals surface area contributed by atoms with E-state index in [1.54, 1.807) is 12.1 Å². The second-order valence-electron chi connectivity index (χ2n) is 5.93. The van der Waals surface area contributed by atoms with E-state index in [0.717, 1.165) is 11.3 Å². The van der Waals surface area contributed by atoms with Gasteiger partial charge in [-0.05, 0) is 42.8 Å². The van der Waals surface area contributed by atoms with Crippen LogP contribution in [-0.2, 0) is 10.0 Å². The van der Waals surface area contributed by atoms with Crippen LogP contribution in [0.1, 0.15) is 11.1 Å². The number of halogens is 1. The average Bonchev–Trinajstić information content (AvgIpc) is 2.62. The van der Waals surface area contributed by atoms with Crippen molar-refractivity contribution >= 4 is 27.3 Å². The predicted molar refractivity (Wildman–Crippen MR) is 98.3 cm³/mol. The van der Waals surface area contributed by atoms with E-state index in [4.69, 9.17) is 11.6 Å². The lowest BCUT2D eigenvalue weighted by Gasteiger charge is -2.36. The van der Waals surface area contributed by atoms with Crippen molar-refractivity contribution in [2.45, 2.75) is 11.8 Å². The molecule has 1 aliphatic rings. The summed E-state index contributed by atoms with van der Waals surface area (Å²) in [6.07, 6.45) is 0. The van der Waals surface area contributed by atoms with Crippen molar-refractivity contribution in [1.29, 1.82) is 5.26 Å². The van der Waals surface area contributed by atoms with Crippen molar-refractivity contribution in [3.63, 3.8) is 0 Å². The van der Waals surface area contributed by atoms with Crippen molar-refractivity contribution in [2.75, 3.05) is 31.1 Å². The minimum absolute atomic E-state index is 0.0774. The summed E-state index contributed by atoms with van der Waals surface area (Å²) in [5.41, 5.74) is 2.32. The van der Waals surface area contributed by atoms with Gasteiger partial charge in [-0.25, -0.2) is 8.42 Å². The molecule has 2 aromatic rings. The van der Waals surface area contributed by atoms with Crippen molar-refractivity contribution in [1.82, 2.24) is 4.31 Å². The molecule has 0 atom stereocenters. The Morgan fingerprint density at radius 2 is 1.76 bits per heavy atom. The van der Waals surface area contributed by atoms with Crippen LogP contribution in [0.15, 0.2) is 47.4 Å². The molecule has 0 amide bonds. The Kier molecular flexibility index (Phi) is 5.00. The van der Waals surface area contributed by atoms with E-state index >= 15 is 0 Å². The molecule has 0 N–H and O–H groups in total. The van der Waals surface area contributed by atoms with Crippen LogP contribution in [-0.4, -0.2) is 38.9 Å². The number of anilines is 1. The molecule has 1 aliphatic heterocycles. The summed E-state index contributed by atoms with van der Waals surface area (Å²) in [7, 11) is -3.66. The normalized spacial score (nSPS) is 15.8. The average molecular weight is 376 g/mol. The molecule has 0 spiro atoms. The SMILES string of the molecule is Cc1cc(Cl)ccc1N1CCN(S(=O)(=O)c2ccccc2C#N)CC1. The smallest absolute Gasteiger partial charge is 0.244 e. The minimum atomic E-state index is -3.66. The van der Waals surface area contributed by atoms with Gasteiger partial charge in [0.15, 0.2) is 0 Å². The Morgan fingerprint density at radius 3 is 2.40 bits per heavy atom. The fourth-order valence-corrected chi connectivity index (χ4v) is 4.86. The number of hydrogen-bond donors (Lipinski definition) is 0. The zero-order valence-corrected chi connectivity index (χ0v) is 15.4. The van der Waals surface area contributed by atoms with Crippen molar-refractivity contribution in [2.24, 2.45) is 0 Å². The summed E-state index contributed by atoms with van der Waals surface area (Å²) in [4.78, 5) is 2.24. The minimum Gasteiger partial charge on any atom is -0.369 e. The topological polar surface area (TPSA) is 64.4 Å². The fourth-order valence-electron chi connectivity index (χ4n) is 3.07. The highest BCUT2D eigenvalue weighted by molar-refractivity contribution is 7.89. The first-order valence-electron chi connectivity index (χ1n) is 7.94. The van der Waals surface area contributed by atoms with Gasteiger partial charge in [-0.3, -0.25) is 0 Å². The predicted octanol–water partition coefficient (Wildman–Crippen LogP) is 3.03. The number of nitriles is 1. The van der Waals surface area contributed by atoms with Gasteiger partial charge in [0, 0.05) is 36.9 Å². The summed E-state index contributed by atoms with van der Waals surface area (Å²) in [5.74, 6) is 0. The molecule has 0 unspecified atom stereocenters. The Morgan fingerprint density at radius 1 is 1.08 bits per heavy atom. The first-order valence-corrected chi connectivity index (χ1v) is 9.75. The number of hydrogen-bond acceptors (Lipinski definition) is 4. The summed E-state index contributed by atoms with van der Waals surface area (Å²) in [6.45, 7) is 3.94. The van der Waals surface area contributed by atoms with Gasteiger partial charge in [0.2, 0.25) is 10.0 Å². The molecular formula is C18H18ClN3O2S. The highest BCUT2D eigenvalue weighted by Crippen LogP contribution is 2.26. The Balaban J connectivity index is 1.79. The van der Waals surface area contributed by atoms with Crippen molar-refractivity contribution < 1.29 is 8.42 Å². The number of sulfonamides is 1. The fraction of sp³-hybridized carbons (Fsp3) is 0.278. The van der Waals surface area contributed by atoms with Crippen molar-refractivity contribution in [3.05, 3.63) is 58.6 Å². The van der Waals surface area contributed by atoms with E-state index in [1.165, 1.54) is 16.4 Å². The lowest BCUT2D eigenvalue weighted by Crippen LogP contribution is -2.49. The van der Waals surface area contributed by atoms with E-state index < -0.39 is 10.0 Å². The quantitative estimate of drug-likeness (QED) is 0.827. The molecule has 0 aliphatic carbocycles. The van der Waals surface area contributed by atoms with Crippen LogP contribution < -0.4 is 4.90 Å². The van der Waals surface area contributed by atoms with E-state index in [0.29, 0.717) is 31.2 Å². The summed E-state index contributed by atoms with van der Waals surface area (Å²) in [6, 6.07) is 14.0. The molecule has 0 saturated carbocycles. The number of nitrogens with zero attached hydrogens (tertiary/aromatic N) is 3. The van der Waals surface area contributed by atoms with Gasteiger partial charge in [0.05, 0.1) is 10.5 Å². The largest absolute Gasteiger partial charge is 0.369 e. The molecular weight excluding hydrogens is 358 g/mol. The van der Waals surface area contributed by atoms with E-state index in [-0.39, 0.29) is 10.5 Å². The van der Waals surface area contributed by atoms with E-state index in [1.807, 2.05) is 31.2 Å². The lowest BCUT2D eigenvalue weighted by atomic mass is 10.1. The Hall–Kier alpha value is -2.07. The molecule has 7 heteroatoms. The molecule has 5 nitrogen and oxygen atoms in total. The highest BCUT2D eigenvalue weighted by atomic mass is 35.5.